The van der Waals surface area contributed by atoms with Gasteiger partial charge in [0.2, 0.25) is 0 Å². The first kappa shape index (κ1) is 14.7. The highest BCUT2D eigenvalue weighted by Gasteiger charge is 2.31. The molecule has 0 bridgehead atoms. The Bertz CT molecular complexity index is 240. The average Bonchev–Trinajstić information content (AvgIpc) is 2.27. The number of hydrogen-bond donors (Lipinski definition) is 1. The molecule has 0 fully saturated rings. The van der Waals surface area contributed by atoms with Gasteiger partial charge in [-0.2, -0.15) is 0 Å². The molecule has 0 aromatic carbocycles. The van der Waals surface area contributed by atoms with E-state index in [4.69, 9.17) is 4.74 Å². The lowest BCUT2D eigenvalue weighted by molar-refractivity contribution is -0.147. The van der Waals surface area contributed by atoms with Crippen molar-refractivity contribution in [2.45, 2.75) is 33.2 Å². The fourth-order valence-electron chi connectivity index (χ4n) is 1.65. The average molecular weight is 231 g/mol. The first-order chi connectivity index (χ1) is 7.47. The third-order valence-corrected chi connectivity index (χ3v) is 2.57. The van der Waals surface area contributed by atoms with Gasteiger partial charge in [-0.05, 0) is 12.3 Å². The molecule has 0 unspecified atom stereocenters. The van der Waals surface area contributed by atoms with Crippen LogP contribution in [0.5, 0.6) is 0 Å². The molecule has 16 heavy (non-hydrogen) atoms. The number of alkyl carbamates (subject to hydrolysis) is 1. The number of ether oxygens (including phenoxy) is 2. The summed E-state index contributed by atoms with van der Waals surface area (Å²) in [6, 6.07) is -0.273. The van der Waals surface area contributed by atoms with Crippen LogP contribution in [0.25, 0.3) is 0 Å². The molecule has 0 saturated heterocycles. The van der Waals surface area contributed by atoms with Crippen molar-refractivity contribution in [2.75, 3.05) is 14.2 Å². The van der Waals surface area contributed by atoms with E-state index in [0.29, 0.717) is 6.42 Å². The third kappa shape index (κ3) is 4.08. The Kier molecular flexibility index (Phi) is 6.53. The van der Waals surface area contributed by atoms with Crippen LogP contribution in [0, 0.1) is 11.8 Å². The van der Waals surface area contributed by atoms with Crippen molar-refractivity contribution in [3.05, 3.63) is 0 Å². The van der Waals surface area contributed by atoms with E-state index in [-0.39, 0.29) is 23.8 Å². The molecular formula is C11H21NO4. The molecule has 0 spiro atoms. The number of amides is 1. The van der Waals surface area contributed by atoms with Crippen LogP contribution in [0.3, 0.4) is 0 Å². The number of rotatable bonds is 5. The lowest BCUT2D eigenvalue weighted by Crippen LogP contribution is -2.46. The standard InChI is InChI=1S/C11H21NO4/c1-6-8(10(13)15-4)9(7(2)3)12-11(14)16-5/h7-9H,6H2,1-5H3,(H,12,14)/t8-,9-/m0/s1. The quantitative estimate of drug-likeness (QED) is 0.729. The maximum atomic E-state index is 11.5. The molecule has 0 radical (unpaired) electrons. The molecular weight excluding hydrogens is 210 g/mol. The van der Waals surface area contributed by atoms with Crippen molar-refractivity contribution in [1.82, 2.24) is 5.32 Å². The molecule has 0 aliphatic heterocycles. The highest BCUT2D eigenvalue weighted by Crippen LogP contribution is 2.18. The molecule has 94 valence electrons. The van der Waals surface area contributed by atoms with Gasteiger partial charge in [0.1, 0.15) is 0 Å². The van der Waals surface area contributed by atoms with Crippen LogP contribution in [-0.4, -0.2) is 32.3 Å². The van der Waals surface area contributed by atoms with Crippen molar-refractivity contribution in [1.29, 1.82) is 0 Å². The highest BCUT2D eigenvalue weighted by atomic mass is 16.5. The molecule has 5 nitrogen and oxygen atoms in total. The number of esters is 1. The second-order valence-corrected chi connectivity index (χ2v) is 3.94. The minimum atomic E-state index is -0.527. The normalized spacial score (nSPS) is 14.1. The summed E-state index contributed by atoms with van der Waals surface area (Å²) in [5.74, 6) is -0.523. The number of hydrogen-bond acceptors (Lipinski definition) is 4. The van der Waals surface area contributed by atoms with E-state index >= 15 is 0 Å². The van der Waals surface area contributed by atoms with Gasteiger partial charge < -0.3 is 14.8 Å². The van der Waals surface area contributed by atoms with E-state index in [0.717, 1.165) is 0 Å². The Morgan fingerprint density at radius 2 is 1.75 bits per heavy atom. The fourth-order valence-corrected chi connectivity index (χ4v) is 1.65. The molecule has 2 atom stereocenters. The van der Waals surface area contributed by atoms with Crippen LogP contribution in [0.1, 0.15) is 27.2 Å². The van der Waals surface area contributed by atoms with Gasteiger partial charge in [0.05, 0.1) is 20.1 Å². The largest absolute Gasteiger partial charge is 0.469 e. The first-order valence-electron chi connectivity index (χ1n) is 5.40. The lowest BCUT2D eigenvalue weighted by atomic mass is 9.88. The first-order valence-corrected chi connectivity index (χ1v) is 5.40. The van der Waals surface area contributed by atoms with Crippen molar-refractivity contribution < 1.29 is 19.1 Å². The lowest BCUT2D eigenvalue weighted by Gasteiger charge is -2.27. The Morgan fingerprint density at radius 3 is 2.06 bits per heavy atom. The zero-order chi connectivity index (χ0) is 12.7. The second kappa shape index (κ2) is 7.09. The van der Waals surface area contributed by atoms with Gasteiger partial charge in [-0.15, -0.1) is 0 Å². The van der Waals surface area contributed by atoms with E-state index in [1.807, 2.05) is 20.8 Å². The van der Waals surface area contributed by atoms with E-state index in [9.17, 15) is 9.59 Å². The van der Waals surface area contributed by atoms with Gasteiger partial charge in [0, 0.05) is 6.04 Å². The van der Waals surface area contributed by atoms with Crippen LogP contribution in [0.15, 0.2) is 0 Å². The van der Waals surface area contributed by atoms with Gasteiger partial charge in [0.25, 0.3) is 0 Å². The molecule has 0 heterocycles. The molecule has 0 aromatic heterocycles. The van der Waals surface area contributed by atoms with Gasteiger partial charge in [-0.3, -0.25) is 4.79 Å². The van der Waals surface area contributed by atoms with Gasteiger partial charge >= 0.3 is 12.1 Å². The summed E-state index contributed by atoms with van der Waals surface area (Å²) < 4.78 is 9.26. The van der Waals surface area contributed by atoms with Crippen LogP contribution in [-0.2, 0) is 14.3 Å². The second-order valence-electron chi connectivity index (χ2n) is 3.94. The predicted molar refractivity (Wildman–Crippen MR) is 60.0 cm³/mol. The summed E-state index contributed by atoms with van der Waals surface area (Å²) in [7, 11) is 2.65. The number of carbonyl (C=O) groups excluding carboxylic acids is 2. The summed E-state index contributed by atoms with van der Waals surface area (Å²) in [5, 5.41) is 2.67. The van der Waals surface area contributed by atoms with Crippen LogP contribution in [0.4, 0.5) is 4.79 Å². The van der Waals surface area contributed by atoms with E-state index in [1.165, 1.54) is 14.2 Å². The van der Waals surface area contributed by atoms with E-state index in [1.54, 1.807) is 0 Å². The molecule has 0 saturated carbocycles. The van der Waals surface area contributed by atoms with Crippen LogP contribution >= 0.6 is 0 Å². The van der Waals surface area contributed by atoms with Crippen LogP contribution in [0.2, 0.25) is 0 Å². The van der Waals surface area contributed by atoms with Gasteiger partial charge in [-0.1, -0.05) is 20.8 Å². The summed E-state index contributed by atoms with van der Waals surface area (Å²) >= 11 is 0. The SMILES string of the molecule is CC[C@H](C(=O)OC)[C@@H](NC(=O)OC)C(C)C. The molecule has 0 aliphatic carbocycles. The van der Waals surface area contributed by atoms with Gasteiger partial charge in [-0.25, -0.2) is 4.79 Å². The zero-order valence-electron chi connectivity index (χ0n) is 10.6. The monoisotopic (exact) mass is 231 g/mol. The van der Waals surface area contributed by atoms with Crippen LogP contribution < -0.4 is 5.32 Å². The van der Waals surface area contributed by atoms with Gasteiger partial charge in [0.15, 0.2) is 0 Å². The summed E-state index contributed by atoms with van der Waals surface area (Å²) in [5.41, 5.74) is 0. The molecule has 0 aromatic rings. The highest BCUT2D eigenvalue weighted by molar-refractivity contribution is 5.75. The zero-order valence-corrected chi connectivity index (χ0v) is 10.6. The Hall–Kier alpha value is -1.26. The third-order valence-electron chi connectivity index (χ3n) is 2.57. The maximum absolute atomic E-state index is 11.5. The van der Waals surface area contributed by atoms with Crippen molar-refractivity contribution in [2.24, 2.45) is 11.8 Å². The fraction of sp³-hybridized carbons (Fsp3) is 0.818. The maximum Gasteiger partial charge on any atom is 0.407 e. The molecule has 1 N–H and O–H groups in total. The van der Waals surface area contributed by atoms with Crippen molar-refractivity contribution >= 4 is 12.1 Å². The Balaban J connectivity index is 4.72. The minimum absolute atomic E-state index is 0.128. The number of methoxy groups -OCH3 is 2. The Morgan fingerprint density at radius 1 is 1.19 bits per heavy atom. The Labute approximate surface area is 96.5 Å². The number of nitrogens with one attached hydrogen (secondary N) is 1. The summed E-state index contributed by atoms with van der Waals surface area (Å²) in [6.07, 6.45) is 0.0838. The van der Waals surface area contributed by atoms with Crippen molar-refractivity contribution in [3.8, 4) is 0 Å². The molecule has 5 heteroatoms. The number of carbonyl (C=O) groups is 2. The summed E-state index contributed by atoms with van der Waals surface area (Å²) in [4.78, 5) is 22.7. The molecule has 0 aliphatic rings. The predicted octanol–water partition coefficient (Wildman–Crippen LogP) is 1.57. The molecule has 1 amide bonds. The van der Waals surface area contributed by atoms with E-state index in [2.05, 4.69) is 10.1 Å². The summed E-state index contributed by atoms with van der Waals surface area (Å²) in [6.45, 7) is 5.76. The molecule has 0 rings (SSSR count). The minimum Gasteiger partial charge on any atom is -0.469 e. The van der Waals surface area contributed by atoms with Crippen molar-refractivity contribution in [3.63, 3.8) is 0 Å². The topological polar surface area (TPSA) is 64.6 Å². The van der Waals surface area contributed by atoms with E-state index < -0.39 is 6.09 Å². The smallest absolute Gasteiger partial charge is 0.407 e.